The van der Waals surface area contributed by atoms with Crippen molar-refractivity contribution < 1.29 is 14.3 Å². The van der Waals surface area contributed by atoms with E-state index in [1.54, 1.807) is 0 Å². The number of carbonyl (C=O) groups is 1. The lowest BCUT2D eigenvalue weighted by Gasteiger charge is -2.11. The third-order valence-electron chi connectivity index (χ3n) is 3.78. The van der Waals surface area contributed by atoms with Gasteiger partial charge in [-0.15, -0.1) is 0 Å². The van der Waals surface area contributed by atoms with Crippen LogP contribution in [0, 0.1) is 5.92 Å². The van der Waals surface area contributed by atoms with Gasteiger partial charge in [0.05, 0.1) is 19.3 Å². The molecule has 23 heavy (non-hydrogen) atoms. The van der Waals surface area contributed by atoms with Crippen LogP contribution in [0.1, 0.15) is 33.1 Å². The fourth-order valence-corrected chi connectivity index (χ4v) is 2.40. The molecule has 0 bridgehead atoms. The number of nitrogens with one attached hydrogen (secondary N) is 2. The number of benzene rings is 1. The van der Waals surface area contributed by atoms with Gasteiger partial charge in [0, 0.05) is 18.8 Å². The molecular weight excluding hydrogens is 292 g/mol. The van der Waals surface area contributed by atoms with Crippen LogP contribution >= 0.6 is 0 Å². The smallest absolute Gasteiger partial charge is 0.238 e. The van der Waals surface area contributed by atoms with E-state index >= 15 is 0 Å². The van der Waals surface area contributed by atoms with Crippen LogP contribution < -0.4 is 15.4 Å². The summed E-state index contributed by atoms with van der Waals surface area (Å²) in [6.07, 6.45) is 3.48. The van der Waals surface area contributed by atoms with Crippen molar-refractivity contribution in [2.24, 2.45) is 5.92 Å². The first-order valence-electron chi connectivity index (χ1n) is 8.48. The molecule has 1 aromatic rings. The van der Waals surface area contributed by atoms with Crippen LogP contribution in [0.5, 0.6) is 5.75 Å². The normalized spacial score (nSPS) is 17.4. The van der Waals surface area contributed by atoms with Gasteiger partial charge in [-0.05, 0) is 49.4 Å². The highest BCUT2D eigenvalue weighted by Crippen LogP contribution is 2.16. The third-order valence-corrected chi connectivity index (χ3v) is 3.78. The summed E-state index contributed by atoms with van der Waals surface area (Å²) in [5.41, 5.74) is 0.783. The Hall–Kier alpha value is -1.59. The molecule has 0 saturated carbocycles. The maximum Gasteiger partial charge on any atom is 0.238 e. The fraction of sp³-hybridized carbons (Fsp3) is 0.611. The molecule has 1 aliphatic heterocycles. The molecule has 1 fully saturated rings. The summed E-state index contributed by atoms with van der Waals surface area (Å²) in [4.78, 5) is 11.9. The first-order valence-corrected chi connectivity index (χ1v) is 8.48. The number of hydrogen-bond donors (Lipinski definition) is 2. The molecule has 1 unspecified atom stereocenters. The van der Waals surface area contributed by atoms with Gasteiger partial charge in [-0.25, -0.2) is 0 Å². The van der Waals surface area contributed by atoms with Crippen molar-refractivity contribution in [3.05, 3.63) is 24.3 Å². The molecular formula is C18H28N2O3. The first-order chi connectivity index (χ1) is 11.1. The predicted octanol–water partition coefficient (Wildman–Crippen LogP) is 2.82. The summed E-state index contributed by atoms with van der Waals surface area (Å²) >= 11 is 0. The summed E-state index contributed by atoms with van der Waals surface area (Å²) in [5, 5.41) is 6.01. The van der Waals surface area contributed by atoms with Crippen LogP contribution in [-0.4, -0.2) is 38.3 Å². The molecule has 1 heterocycles. The average molecular weight is 320 g/mol. The molecule has 1 amide bonds. The largest absolute Gasteiger partial charge is 0.494 e. The molecule has 1 atom stereocenters. The maximum atomic E-state index is 11.9. The number of anilines is 1. The Morgan fingerprint density at radius 2 is 2.13 bits per heavy atom. The van der Waals surface area contributed by atoms with Crippen molar-refractivity contribution in [1.29, 1.82) is 0 Å². The number of ether oxygens (including phenoxy) is 2. The Bertz CT molecular complexity index is 468. The minimum atomic E-state index is -0.0449. The van der Waals surface area contributed by atoms with Gasteiger partial charge in [0.15, 0.2) is 0 Å². The fourth-order valence-electron chi connectivity index (χ4n) is 2.40. The van der Waals surface area contributed by atoms with Crippen molar-refractivity contribution in [3.63, 3.8) is 0 Å². The van der Waals surface area contributed by atoms with Gasteiger partial charge in [0.25, 0.3) is 0 Å². The van der Waals surface area contributed by atoms with Crippen molar-refractivity contribution in [2.45, 2.75) is 39.2 Å². The number of hydrogen-bond acceptors (Lipinski definition) is 4. The molecule has 128 valence electrons. The Morgan fingerprint density at radius 3 is 2.78 bits per heavy atom. The minimum absolute atomic E-state index is 0.0449. The molecule has 1 aliphatic rings. The molecule has 2 rings (SSSR count). The van der Waals surface area contributed by atoms with Gasteiger partial charge >= 0.3 is 0 Å². The van der Waals surface area contributed by atoms with Crippen LogP contribution in [0.25, 0.3) is 0 Å². The number of carbonyl (C=O) groups excluding carboxylic acids is 1. The zero-order valence-electron chi connectivity index (χ0n) is 14.1. The van der Waals surface area contributed by atoms with Crippen molar-refractivity contribution in [3.8, 4) is 5.75 Å². The van der Waals surface area contributed by atoms with Gasteiger partial charge in [-0.3, -0.25) is 4.79 Å². The zero-order valence-corrected chi connectivity index (χ0v) is 14.1. The average Bonchev–Trinajstić information content (AvgIpc) is 3.02. The minimum Gasteiger partial charge on any atom is -0.494 e. The molecule has 0 aromatic heterocycles. The third kappa shape index (κ3) is 7.01. The molecule has 0 radical (unpaired) electrons. The lowest BCUT2D eigenvalue weighted by molar-refractivity contribution is -0.115. The second kappa shape index (κ2) is 9.53. The summed E-state index contributed by atoms with van der Waals surface area (Å²) in [5.74, 6) is 1.42. The molecule has 0 aliphatic carbocycles. The summed E-state index contributed by atoms with van der Waals surface area (Å²) in [6, 6.07) is 7.50. The van der Waals surface area contributed by atoms with Crippen LogP contribution in [0.15, 0.2) is 24.3 Å². The van der Waals surface area contributed by atoms with E-state index in [-0.39, 0.29) is 12.0 Å². The van der Waals surface area contributed by atoms with Crippen LogP contribution in [0.3, 0.4) is 0 Å². The Kier molecular flexibility index (Phi) is 7.36. The molecule has 1 aromatic carbocycles. The van der Waals surface area contributed by atoms with E-state index in [2.05, 4.69) is 24.5 Å². The highest BCUT2D eigenvalue weighted by molar-refractivity contribution is 5.92. The lowest BCUT2D eigenvalue weighted by Crippen LogP contribution is -2.33. The SMILES string of the molecule is CC(C)CCOc1ccc(NC(=O)CNCC2CCCO2)cc1. The van der Waals surface area contributed by atoms with Gasteiger partial charge in [0.2, 0.25) is 5.91 Å². The quantitative estimate of drug-likeness (QED) is 0.734. The maximum absolute atomic E-state index is 11.9. The zero-order chi connectivity index (χ0) is 16.5. The Morgan fingerprint density at radius 1 is 1.35 bits per heavy atom. The predicted molar refractivity (Wildman–Crippen MR) is 91.9 cm³/mol. The first kappa shape index (κ1) is 17.8. The van der Waals surface area contributed by atoms with Gasteiger partial charge in [-0.1, -0.05) is 13.8 Å². The monoisotopic (exact) mass is 320 g/mol. The second-order valence-corrected chi connectivity index (χ2v) is 6.37. The standard InChI is InChI=1S/C18H28N2O3/c1-14(2)9-11-23-16-7-5-15(6-8-16)20-18(21)13-19-12-17-4-3-10-22-17/h5-8,14,17,19H,3-4,9-13H2,1-2H3,(H,20,21). The van der Waals surface area contributed by atoms with E-state index in [4.69, 9.17) is 9.47 Å². The summed E-state index contributed by atoms with van der Waals surface area (Å²) in [6.45, 7) is 6.94. The van der Waals surface area contributed by atoms with Crippen LogP contribution in [0.4, 0.5) is 5.69 Å². The lowest BCUT2D eigenvalue weighted by atomic mass is 10.1. The highest BCUT2D eigenvalue weighted by atomic mass is 16.5. The van der Waals surface area contributed by atoms with Gasteiger partial charge in [0.1, 0.15) is 5.75 Å². The van der Waals surface area contributed by atoms with Crippen molar-refractivity contribution in [1.82, 2.24) is 5.32 Å². The molecule has 5 nitrogen and oxygen atoms in total. The van der Waals surface area contributed by atoms with Crippen LogP contribution in [0.2, 0.25) is 0 Å². The summed E-state index contributed by atoms with van der Waals surface area (Å²) < 4.78 is 11.2. The van der Waals surface area contributed by atoms with Crippen LogP contribution in [-0.2, 0) is 9.53 Å². The van der Waals surface area contributed by atoms with E-state index in [9.17, 15) is 4.79 Å². The number of amides is 1. The molecule has 1 saturated heterocycles. The Balaban J connectivity index is 1.64. The Labute approximate surface area is 138 Å². The second-order valence-electron chi connectivity index (χ2n) is 6.37. The summed E-state index contributed by atoms with van der Waals surface area (Å²) in [7, 11) is 0. The van der Waals surface area contributed by atoms with Gasteiger partial charge < -0.3 is 20.1 Å². The topological polar surface area (TPSA) is 59.6 Å². The van der Waals surface area contributed by atoms with Crippen molar-refractivity contribution >= 4 is 11.6 Å². The molecule has 2 N–H and O–H groups in total. The van der Waals surface area contributed by atoms with Gasteiger partial charge in [-0.2, -0.15) is 0 Å². The number of rotatable bonds is 9. The van der Waals surface area contributed by atoms with E-state index in [1.165, 1.54) is 0 Å². The molecule has 5 heteroatoms. The van der Waals surface area contributed by atoms with E-state index in [1.807, 2.05) is 24.3 Å². The van der Waals surface area contributed by atoms with E-state index in [0.717, 1.165) is 50.5 Å². The van der Waals surface area contributed by atoms with E-state index in [0.29, 0.717) is 12.5 Å². The highest BCUT2D eigenvalue weighted by Gasteiger charge is 2.15. The molecule has 0 spiro atoms. The van der Waals surface area contributed by atoms with E-state index < -0.39 is 0 Å². The van der Waals surface area contributed by atoms with Crippen molar-refractivity contribution in [2.75, 3.05) is 31.6 Å².